The summed E-state index contributed by atoms with van der Waals surface area (Å²) in [5.74, 6) is 0.791. The molecule has 0 bridgehead atoms. The minimum absolute atomic E-state index is 0.0103. The molecule has 0 atom stereocenters. The first-order valence-electron chi connectivity index (χ1n) is 10.5. The predicted molar refractivity (Wildman–Crippen MR) is 136 cm³/mol. The lowest BCUT2D eigenvalue weighted by atomic mass is 10.2. The molecule has 1 aliphatic rings. The molecule has 0 saturated heterocycles. The average Bonchev–Trinajstić information content (AvgIpc) is 3.35. The Bertz CT molecular complexity index is 1370. The van der Waals surface area contributed by atoms with Crippen LogP contribution in [0.15, 0.2) is 53.5 Å². The van der Waals surface area contributed by atoms with Gasteiger partial charge in [-0.05, 0) is 42.0 Å². The Morgan fingerprint density at radius 1 is 1.15 bits per heavy atom. The summed E-state index contributed by atoms with van der Waals surface area (Å²) in [7, 11) is 3.85. The highest BCUT2D eigenvalue weighted by Crippen LogP contribution is 2.38. The van der Waals surface area contributed by atoms with E-state index >= 15 is 0 Å². The molecule has 0 radical (unpaired) electrons. The lowest BCUT2D eigenvalue weighted by Gasteiger charge is -2.18. The van der Waals surface area contributed by atoms with Crippen LogP contribution in [0.3, 0.4) is 0 Å². The van der Waals surface area contributed by atoms with Crippen LogP contribution < -0.4 is 9.80 Å². The number of aliphatic imine (C=N–C) groups is 1. The van der Waals surface area contributed by atoms with E-state index in [0.29, 0.717) is 22.1 Å². The maximum atomic E-state index is 13.1. The number of hydrogen-bond donors (Lipinski definition) is 1. The van der Waals surface area contributed by atoms with Crippen LogP contribution in [0.5, 0.6) is 0 Å². The van der Waals surface area contributed by atoms with Gasteiger partial charge in [-0.25, -0.2) is 9.98 Å². The molecule has 0 spiro atoms. The third-order valence-corrected chi connectivity index (χ3v) is 6.98. The Hall–Kier alpha value is -3.20. The van der Waals surface area contributed by atoms with Crippen molar-refractivity contribution in [1.29, 1.82) is 0 Å². The summed E-state index contributed by atoms with van der Waals surface area (Å²) in [5, 5.41) is 10.2. The third kappa shape index (κ3) is 4.01. The molecule has 0 saturated carbocycles. The minimum Gasteiger partial charge on any atom is -0.395 e. The number of thiophene rings is 1. The third-order valence-electron chi connectivity index (χ3n) is 5.51. The fourth-order valence-corrected chi connectivity index (χ4v) is 5.09. The van der Waals surface area contributed by atoms with Crippen LogP contribution in [0.1, 0.15) is 9.67 Å². The molecule has 168 valence electrons. The van der Waals surface area contributed by atoms with E-state index in [1.807, 2.05) is 77.0 Å². The Kier molecular flexibility index (Phi) is 5.65. The summed E-state index contributed by atoms with van der Waals surface area (Å²) < 4.78 is 1.98. The van der Waals surface area contributed by atoms with Crippen LogP contribution in [0.25, 0.3) is 21.5 Å². The molecule has 0 aliphatic carbocycles. The number of fused-ring (bicyclic) bond motifs is 2. The van der Waals surface area contributed by atoms with Crippen molar-refractivity contribution in [1.82, 2.24) is 9.55 Å². The number of Topliss-reactive ketones (excluding diaryl/α,β-unsaturated/α-hetero) is 1. The number of benzene rings is 2. The van der Waals surface area contributed by atoms with E-state index in [4.69, 9.17) is 11.6 Å². The molecule has 4 aromatic rings. The molecule has 2 aromatic carbocycles. The zero-order valence-electron chi connectivity index (χ0n) is 18.2. The summed E-state index contributed by atoms with van der Waals surface area (Å²) in [6.07, 6.45) is 1.71. The van der Waals surface area contributed by atoms with Gasteiger partial charge in [0.05, 0.1) is 41.1 Å². The van der Waals surface area contributed by atoms with Gasteiger partial charge in [0.1, 0.15) is 0 Å². The van der Waals surface area contributed by atoms with Crippen molar-refractivity contribution in [2.24, 2.45) is 4.99 Å². The smallest absolute Gasteiger partial charge is 0.206 e. The number of hydrogen-bond acceptors (Lipinski definition) is 7. The summed E-state index contributed by atoms with van der Waals surface area (Å²) in [5.41, 5.74) is 4.27. The molecule has 3 heterocycles. The maximum Gasteiger partial charge on any atom is 0.206 e. The predicted octanol–water partition coefficient (Wildman–Crippen LogP) is 4.84. The topological polar surface area (TPSA) is 74.0 Å². The number of aromatic nitrogens is 2. The second kappa shape index (κ2) is 8.62. The number of halogens is 1. The lowest BCUT2D eigenvalue weighted by molar-refractivity contribution is 0.101. The van der Waals surface area contributed by atoms with Crippen LogP contribution in [0, 0.1) is 0 Å². The molecule has 2 aromatic heterocycles. The SMILES string of the molecule is CN(C)c1nc2ccc(N3C=Nc4cc(-c5ccc(Cl)cc5)sc4C(=O)C3)cc2n1CCO. The van der Waals surface area contributed by atoms with Crippen molar-refractivity contribution in [3.8, 4) is 10.4 Å². The molecule has 1 aliphatic heterocycles. The highest BCUT2D eigenvalue weighted by molar-refractivity contribution is 7.18. The van der Waals surface area contributed by atoms with Gasteiger partial charge in [-0.2, -0.15) is 0 Å². The molecular weight excluding hydrogens is 458 g/mol. The highest BCUT2D eigenvalue weighted by Gasteiger charge is 2.23. The van der Waals surface area contributed by atoms with Gasteiger partial charge in [-0.15, -0.1) is 11.3 Å². The van der Waals surface area contributed by atoms with E-state index in [9.17, 15) is 9.90 Å². The van der Waals surface area contributed by atoms with Crippen molar-refractivity contribution in [3.63, 3.8) is 0 Å². The molecule has 7 nitrogen and oxygen atoms in total. The standard InChI is InChI=1S/C24H22ClN5O2S/c1-28(2)24-27-18-8-7-17(11-20(18)30(24)9-10-31)29-13-21(32)23-19(26-14-29)12-22(33-23)15-3-5-16(25)6-4-15/h3-8,11-12,14,31H,9-10,13H2,1-2H3. The Labute approximate surface area is 200 Å². The van der Waals surface area contributed by atoms with Crippen LogP contribution >= 0.6 is 22.9 Å². The summed E-state index contributed by atoms with van der Waals surface area (Å²) in [4.78, 5) is 27.8. The number of carbonyl (C=O) groups excluding carboxylic acids is 1. The molecule has 9 heteroatoms. The second-order valence-corrected chi connectivity index (χ2v) is 9.47. The van der Waals surface area contributed by atoms with Crippen LogP contribution in [-0.2, 0) is 6.54 Å². The van der Waals surface area contributed by atoms with E-state index in [-0.39, 0.29) is 18.9 Å². The summed E-state index contributed by atoms with van der Waals surface area (Å²) in [6, 6.07) is 15.4. The number of anilines is 2. The van der Waals surface area contributed by atoms with Crippen LogP contribution in [0.2, 0.25) is 5.02 Å². The Morgan fingerprint density at radius 2 is 1.94 bits per heavy atom. The van der Waals surface area contributed by atoms with Gasteiger partial charge in [-0.1, -0.05) is 23.7 Å². The number of imidazole rings is 1. The first-order chi connectivity index (χ1) is 15.9. The van der Waals surface area contributed by atoms with E-state index in [1.165, 1.54) is 11.3 Å². The molecule has 0 fully saturated rings. The van der Waals surface area contributed by atoms with Gasteiger partial charge in [0, 0.05) is 36.2 Å². The Balaban J connectivity index is 1.49. The van der Waals surface area contributed by atoms with Crippen molar-refractivity contribution < 1.29 is 9.90 Å². The molecular formula is C24H22ClN5O2S. The van der Waals surface area contributed by atoms with Crippen molar-refractivity contribution in [2.45, 2.75) is 6.54 Å². The molecule has 5 rings (SSSR count). The van der Waals surface area contributed by atoms with Crippen LogP contribution in [-0.4, -0.2) is 54.0 Å². The van der Waals surface area contributed by atoms with E-state index < -0.39 is 0 Å². The highest BCUT2D eigenvalue weighted by atomic mass is 35.5. The fraction of sp³-hybridized carbons (Fsp3) is 0.208. The van der Waals surface area contributed by atoms with Gasteiger partial charge in [-0.3, -0.25) is 4.79 Å². The summed E-state index contributed by atoms with van der Waals surface area (Å²) in [6.45, 7) is 0.638. The number of carbonyl (C=O) groups is 1. The van der Waals surface area contributed by atoms with Crippen molar-refractivity contribution in [2.75, 3.05) is 37.0 Å². The van der Waals surface area contributed by atoms with Crippen LogP contribution in [0.4, 0.5) is 17.3 Å². The average molecular weight is 480 g/mol. The number of rotatable bonds is 5. The van der Waals surface area contributed by atoms with E-state index in [1.54, 1.807) is 6.34 Å². The number of ketones is 1. The number of nitrogens with zero attached hydrogens (tertiary/aromatic N) is 5. The monoisotopic (exact) mass is 479 g/mol. The zero-order valence-corrected chi connectivity index (χ0v) is 19.8. The van der Waals surface area contributed by atoms with E-state index in [0.717, 1.165) is 33.1 Å². The van der Waals surface area contributed by atoms with Gasteiger partial charge >= 0.3 is 0 Å². The lowest BCUT2D eigenvalue weighted by Crippen LogP contribution is -2.26. The number of aliphatic hydroxyl groups is 1. The summed E-state index contributed by atoms with van der Waals surface area (Å²) >= 11 is 7.45. The van der Waals surface area contributed by atoms with Gasteiger partial charge in [0.2, 0.25) is 5.95 Å². The first-order valence-corrected chi connectivity index (χ1v) is 11.7. The Morgan fingerprint density at radius 3 is 2.67 bits per heavy atom. The molecule has 0 unspecified atom stereocenters. The largest absolute Gasteiger partial charge is 0.395 e. The fourth-order valence-electron chi connectivity index (χ4n) is 3.93. The molecule has 1 N–H and O–H groups in total. The quantitative estimate of drug-likeness (QED) is 0.443. The first kappa shape index (κ1) is 21.6. The van der Waals surface area contributed by atoms with E-state index in [2.05, 4.69) is 9.98 Å². The second-order valence-electron chi connectivity index (χ2n) is 7.98. The molecule has 0 amide bonds. The zero-order chi connectivity index (χ0) is 23.1. The van der Waals surface area contributed by atoms with Gasteiger partial charge in [0.15, 0.2) is 5.78 Å². The van der Waals surface area contributed by atoms with Gasteiger partial charge in [0.25, 0.3) is 0 Å². The normalized spacial score (nSPS) is 13.5. The maximum absolute atomic E-state index is 13.1. The molecule has 33 heavy (non-hydrogen) atoms. The number of aliphatic hydroxyl groups excluding tert-OH is 1. The minimum atomic E-state index is 0.0103. The van der Waals surface area contributed by atoms with Gasteiger partial charge < -0.3 is 19.5 Å². The van der Waals surface area contributed by atoms with Crippen molar-refractivity contribution in [3.05, 3.63) is 58.4 Å². The van der Waals surface area contributed by atoms with Crippen molar-refractivity contribution >= 4 is 63.4 Å².